The third-order valence-electron chi connectivity index (χ3n) is 4.48. The first-order valence-corrected chi connectivity index (χ1v) is 8.75. The highest BCUT2D eigenvalue weighted by molar-refractivity contribution is 6.02. The Balaban J connectivity index is 1.42. The Morgan fingerprint density at radius 1 is 1.27 bits per heavy atom. The zero-order chi connectivity index (χ0) is 17.9. The zero-order valence-corrected chi connectivity index (χ0v) is 14.6. The van der Waals surface area contributed by atoms with Gasteiger partial charge in [-0.05, 0) is 43.0 Å². The molecule has 1 aliphatic rings. The first-order valence-electron chi connectivity index (χ1n) is 8.75. The molecule has 1 saturated carbocycles. The number of aryl methyl sites for hydroxylation is 3. The molecule has 0 aliphatic heterocycles. The van der Waals surface area contributed by atoms with Crippen molar-refractivity contribution in [1.82, 2.24) is 24.7 Å². The second kappa shape index (κ2) is 7.03. The van der Waals surface area contributed by atoms with Crippen LogP contribution in [0.1, 0.15) is 46.5 Å². The molecule has 1 N–H and O–H groups in total. The van der Waals surface area contributed by atoms with E-state index in [1.165, 1.54) is 0 Å². The highest BCUT2D eigenvalue weighted by Crippen LogP contribution is 2.37. The quantitative estimate of drug-likeness (QED) is 0.740. The Bertz CT molecular complexity index is 931. The summed E-state index contributed by atoms with van der Waals surface area (Å²) in [4.78, 5) is 21.1. The summed E-state index contributed by atoms with van der Waals surface area (Å²) in [5, 5.41) is 10.9. The van der Waals surface area contributed by atoms with Crippen LogP contribution in [0.15, 0.2) is 42.9 Å². The fraction of sp³-hybridized carbons (Fsp3) is 0.316. The Labute approximate surface area is 151 Å². The maximum Gasteiger partial charge on any atom is 0.274 e. The number of carbonyl (C=O) groups excluding carboxylic acids is 1. The number of nitrogens with zero attached hydrogens (tertiary/aromatic N) is 5. The second-order valence-electron chi connectivity index (χ2n) is 6.59. The van der Waals surface area contributed by atoms with Crippen LogP contribution in [0.3, 0.4) is 0 Å². The van der Waals surface area contributed by atoms with Gasteiger partial charge in [-0.3, -0.25) is 4.79 Å². The lowest BCUT2D eigenvalue weighted by Crippen LogP contribution is -2.15. The number of rotatable bonds is 6. The van der Waals surface area contributed by atoms with Crippen LogP contribution in [0.5, 0.6) is 0 Å². The van der Waals surface area contributed by atoms with Gasteiger partial charge in [-0.2, -0.15) is 0 Å². The molecule has 0 unspecified atom stereocenters. The zero-order valence-electron chi connectivity index (χ0n) is 14.6. The summed E-state index contributed by atoms with van der Waals surface area (Å²) in [6.07, 6.45) is 7.20. The SMILES string of the molecule is Cn1cnnc1CCc1cccc(NC(=O)c2ccnc(C3CC3)n2)c1. The van der Waals surface area contributed by atoms with Crippen molar-refractivity contribution in [3.05, 3.63) is 65.8 Å². The fourth-order valence-electron chi connectivity index (χ4n) is 2.83. The first kappa shape index (κ1) is 16.4. The van der Waals surface area contributed by atoms with E-state index in [4.69, 9.17) is 0 Å². The Morgan fingerprint density at radius 3 is 2.92 bits per heavy atom. The highest BCUT2D eigenvalue weighted by atomic mass is 16.1. The maximum atomic E-state index is 12.5. The van der Waals surface area contributed by atoms with Crippen molar-refractivity contribution < 1.29 is 4.79 Å². The minimum atomic E-state index is -0.209. The summed E-state index contributed by atoms with van der Waals surface area (Å²) in [5.74, 6) is 1.93. The van der Waals surface area contributed by atoms with E-state index < -0.39 is 0 Å². The summed E-state index contributed by atoms with van der Waals surface area (Å²) in [6, 6.07) is 9.50. The number of amides is 1. The van der Waals surface area contributed by atoms with Crippen LogP contribution in [-0.2, 0) is 19.9 Å². The molecule has 132 valence electrons. The molecule has 1 aliphatic carbocycles. The number of hydrogen-bond acceptors (Lipinski definition) is 5. The van der Waals surface area contributed by atoms with Gasteiger partial charge in [0.15, 0.2) is 0 Å². The van der Waals surface area contributed by atoms with Gasteiger partial charge in [0, 0.05) is 31.3 Å². The minimum Gasteiger partial charge on any atom is -0.321 e. The average molecular weight is 348 g/mol. The first-order chi connectivity index (χ1) is 12.7. The van der Waals surface area contributed by atoms with Crippen molar-refractivity contribution in [2.24, 2.45) is 7.05 Å². The monoisotopic (exact) mass is 348 g/mol. The Morgan fingerprint density at radius 2 is 2.15 bits per heavy atom. The van der Waals surface area contributed by atoms with Crippen molar-refractivity contribution >= 4 is 11.6 Å². The summed E-state index contributed by atoms with van der Waals surface area (Å²) >= 11 is 0. The van der Waals surface area contributed by atoms with Gasteiger partial charge in [0.25, 0.3) is 5.91 Å². The van der Waals surface area contributed by atoms with E-state index in [1.807, 2.05) is 35.9 Å². The van der Waals surface area contributed by atoms with Gasteiger partial charge in [-0.15, -0.1) is 10.2 Å². The van der Waals surface area contributed by atoms with Crippen molar-refractivity contribution in [1.29, 1.82) is 0 Å². The Hall–Kier alpha value is -3.09. The van der Waals surface area contributed by atoms with Crippen LogP contribution in [0.25, 0.3) is 0 Å². The lowest BCUT2D eigenvalue weighted by molar-refractivity contribution is 0.102. The van der Waals surface area contributed by atoms with E-state index in [9.17, 15) is 4.79 Å². The molecule has 2 aromatic heterocycles. The van der Waals surface area contributed by atoms with Crippen LogP contribution in [0.4, 0.5) is 5.69 Å². The number of nitrogens with one attached hydrogen (secondary N) is 1. The van der Waals surface area contributed by atoms with E-state index in [0.29, 0.717) is 11.6 Å². The van der Waals surface area contributed by atoms with Gasteiger partial charge >= 0.3 is 0 Å². The van der Waals surface area contributed by atoms with Crippen molar-refractivity contribution in [2.45, 2.75) is 31.6 Å². The van der Waals surface area contributed by atoms with Gasteiger partial charge in [-0.1, -0.05) is 12.1 Å². The third kappa shape index (κ3) is 3.77. The predicted molar refractivity (Wildman–Crippen MR) is 96.8 cm³/mol. The summed E-state index contributed by atoms with van der Waals surface area (Å²) in [5.41, 5.74) is 2.30. The number of carbonyl (C=O) groups is 1. The van der Waals surface area contributed by atoms with E-state index in [2.05, 4.69) is 25.5 Å². The van der Waals surface area contributed by atoms with Crippen LogP contribution >= 0.6 is 0 Å². The van der Waals surface area contributed by atoms with Crippen LogP contribution < -0.4 is 5.32 Å². The lowest BCUT2D eigenvalue weighted by atomic mass is 10.1. The van der Waals surface area contributed by atoms with Gasteiger partial charge in [0.1, 0.15) is 23.7 Å². The largest absolute Gasteiger partial charge is 0.321 e. The molecule has 0 atom stereocenters. The van der Waals surface area contributed by atoms with Crippen LogP contribution in [0, 0.1) is 0 Å². The maximum absolute atomic E-state index is 12.5. The topological polar surface area (TPSA) is 85.6 Å². The number of aromatic nitrogens is 5. The molecular weight excluding hydrogens is 328 g/mol. The van der Waals surface area contributed by atoms with E-state index >= 15 is 0 Å². The third-order valence-corrected chi connectivity index (χ3v) is 4.48. The summed E-state index contributed by atoms with van der Waals surface area (Å²) < 4.78 is 1.91. The molecule has 0 spiro atoms. The predicted octanol–water partition coefficient (Wildman–Crippen LogP) is 2.52. The average Bonchev–Trinajstić information content (AvgIpc) is 3.43. The summed E-state index contributed by atoms with van der Waals surface area (Å²) in [6.45, 7) is 0. The normalized spacial score (nSPS) is 13.6. The number of hydrogen-bond donors (Lipinski definition) is 1. The molecule has 7 nitrogen and oxygen atoms in total. The molecule has 2 heterocycles. The molecule has 0 radical (unpaired) electrons. The second-order valence-corrected chi connectivity index (χ2v) is 6.59. The fourth-order valence-corrected chi connectivity index (χ4v) is 2.83. The molecule has 1 amide bonds. The van der Waals surface area contributed by atoms with E-state index in [-0.39, 0.29) is 5.91 Å². The minimum absolute atomic E-state index is 0.209. The van der Waals surface area contributed by atoms with Gasteiger partial charge in [0.05, 0.1) is 0 Å². The lowest BCUT2D eigenvalue weighted by Gasteiger charge is -2.08. The van der Waals surface area contributed by atoms with Crippen molar-refractivity contribution in [3.8, 4) is 0 Å². The van der Waals surface area contributed by atoms with E-state index in [0.717, 1.165) is 48.6 Å². The molecule has 26 heavy (non-hydrogen) atoms. The molecule has 0 bridgehead atoms. The van der Waals surface area contributed by atoms with Crippen LogP contribution in [-0.4, -0.2) is 30.6 Å². The molecule has 1 fully saturated rings. The van der Waals surface area contributed by atoms with Gasteiger partial charge in [-0.25, -0.2) is 9.97 Å². The molecule has 1 aromatic carbocycles. The number of benzene rings is 1. The molecule has 7 heteroatoms. The summed E-state index contributed by atoms with van der Waals surface area (Å²) in [7, 11) is 1.93. The standard InChI is InChI=1S/C19H20N6O/c1-25-12-21-24-17(25)8-5-13-3-2-4-15(11-13)22-19(26)16-9-10-20-18(23-16)14-6-7-14/h2-4,9-12,14H,5-8H2,1H3,(H,22,26). The van der Waals surface area contributed by atoms with E-state index in [1.54, 1.807) is 18.6 Å². The van der Waals surface area contributed by atoms with Gasteiger partial charge in [0.2, 0.25) is 0 Å². The van der Waals surface area contributed by atoms with Crippen molar-refractivity contribution in [2.75, 3.05) is 5.32 Å². The molecule has 0 saturated heterocycles. The smallest absolute Gasteiger partial charge is 0.274 e. The Kier molecular flexibility index (Phi) is 4.43. The highest BCUT2D eigenvalue weighted by Gasteiger charge is 2.27. The molecular formula is C19H20N6O. The number of anilines is 1. The van der Waals surface area contributed by atoms with Crippen LogP contribution in [0.2, 0.25) is 0 Å². The van der Waals surface area contributed by atoms with Crippen molar-refractivity contribution in [3.63, 3.8) is 0 Å². The molecule has 3 aromatic rings. The molecule has 4 rings (SSSR count). The van der Waals surface area contributed by atoms with Gasteiger partial charge < -0.3 is 9.88 Å².